The molecule has 3 rings (SSSR count). The summed E-state index contributed by atoms with van der Waals surface area (Å²) in [6.07, 6.45) is 7.03. The number of hydrogen-bond acceptors (Lipinski definition) is 4. The molecule has 0 aromatic carbocycles. The minimum absolute atomic E-state index is 0.112. The van der Waals surface area contributed by atoms with Crippen LogP contribution < -0.4 is 0 Å². The summed E-state index contributed by atoms with van der Waals surface area (Å²) in [4.78, 5) is 17.1. The molecule has 2 aromatic heterocycles. The van der Waals surface area contributed by atoms with Gasteiger partial charge in [0.05, 0.1) is 15.7 Å². The van der Waals surface area contributed by atoms with Crippen molar-refractivity contribution in [2.24, 2.45) is 0 Å². The molecule has 0 saturated carbocycles. The van der Waals surface area contributed by atoms with Gasteiger partial charge in [-0.2, -0.15) is 5.10 Å². The van der Waals surface area contributed by atoms with E-state index in [0.29, 0.717) is 16.6 Å². The summed E-state index contributed by atoms with van der Waals surface area (Å²) in [5.74, 6) is -0.606. The second-order valence-corrected chi connectivity index (χ2v) is 6.80. The molecule has 0 unspecified atom stereocenters. The molecule has 3 heterocycles. The Morgan fingerprint density at radius 2 is 2.08 bits per heavy atom. The number of likely N-dealkylation sites (tertiary alicyclic amines) is 1. The Labute approximate surface area is 150 Å². The summed E-state index contributed by atoms with van der Waals surface area (Å²) >= 11 is 12.4. The lowest BCUT2D eigenvalue weighted by molar-refractivity contribution is -0.137. The number of nitrogens with zero attached hydrogens (tertiary/aromatic N) is 4. The number of aliphatic carboxylic acids is 1. The highest BCUT2D eigenvalue weighted by Crippen LogP contribution is 2.30. The predicted molar refractivity (Wildman–Crippen MR) is 91.4 cm³/mol. The van der Waals surface area contributed by atoms with Crippen molar-refractivity contribution in [3.8, 4) is 0 Å². The summed E-state index contributed by atoms with van der Waals surface area (Å²) < 4.78 is 1.47. The molecule has 8 heteroatoms. The zero-order chi connectivity index (χ0) is 17.1. The van der Waals surface area contributed by atoms with Crippen LogP contribution in [0, 0.1) is 0 Å². The topological polar surface area (TPSA) is 71.2 Å². The molecule has 1 atom stereocenters. The van der Waals surface area contributed by atoms with Crippen LogP contribution >= 0.6 is 23.2 Å². The molecular formula is C16H18Cl2N4O2. The Bertz CT molecular complexity index is 714. The van der Waals surface area contributed by atoms with Crippen LogP contribution in [0.3, 0.4) is 0 Å². The van der Waals surface area contributed by atoms with E-state index in [2.05, 4.69) is 15.0 Å². The minimum Gasteiger partial charge on any atom is -0.480 e. The average Bonchev–Trinajstić information content (AvgIpc) is 2.99. The lowest BCUT2D eigenvalue weighted by Crippen LogP contribution is -2.34. The van der Waals surface area contributed by atoms with Gasteiger partial charge in [-0.1, -0.05) is 23.2 Å². The molecule has 1 N–H and O–H groups in total. The van der Waals surface area contributed by atoms with Crippen molar-refractivity contribution >= 4 is 29.2 Å². The van der Waals surface area contributed by atoms with Crippen molar-refractivity contribution in [3.05, 3.63) is 46.0 Å². The summed E-state index contributed by atoms with van der Waals surface area (Å²) in [5, 5.41) is 14.4. The largest absolute Gasteiger partial charge is 0.480 e. The van der Waals surface area contributed by atoms with Gasteiger partial charge in [-0.15, -0.1) is 0 Å². The first-order valence-corrected chi connectivity index (χ1v) is 8.54. The van der Waals surface area contributed by atoms with Gasteiger partial charge < -0.3 is 5.11 Å². The SMILES string of the molecule is O=C(O)Cn1ccc([C@@H]2CCCN(Cc3c(Cl)cncc3Cl)C2)n1. The summed E-state index contributed by atoms with van der Waals surface area (Å²) in [5.41, 5.74) is 1.83. The zero-order valence-corrected chi connectivity index (χ0v) is 14.5. The standard InChI is InChI=1S/C16H18Cl2N4O2/c17-13-6-19-7-14(18)12(13)9-21-4-1-2-11(8-21)15-3-5-22(20-15)10-16(23)24/h3,5-7,11H,1-2,4,8-10H2,(H,23,24)/t11-/m1/s1. The molecule has 0 spiro atoms. The van der Waals surface area contributed by atoms with Gasteiger partial charge in [0.25, 0.3) is 0 Å². The van der Waals surface area contributed by atoms with Crippen LogP contribution in [0.1, 0.15) is 30.0 Å². The van der Waals surface area contributed by atoms with E-state index >= 15 is 0 Å². The Hall–Kier alpha value is -1.63. The van der Waals surface area contributed by atoms with Crippen LogP contribution in [0.5, 0.6) is 0 Å². The minimum atomic E-state index is -0.892. The van der Waals surface area contributed by atoms with Gasteiger partial charge in [0, 0.05) is 43.2 Å². The third kappa shape index (κ3) is 4.06. The highest BCUT2D eigenvalue weighted by Gasteiger charge is 2.24. The van der Waals surface area contributed by atoms with E-state index in [9.17, 15) is 4.79 Å². The molecule has 2 aromatic rings. The fraction of sp³-hybridized carbons (Fsp3) is 0.438. The smallest absolute Gasteiger partial charge is 0.325 e. The second-order valence-electron chi connectivity index (χ2n) is 5.99. The highest BCUT2D eigenvalue weighted by molar-refractivity contribution is 6.35. The number of carbonyl (C=O) groups is 1. The molecule has 0 aliphatic carbocycles. The Balaban J connectivity index is 1.68. The van der Waals surface area contributed by atoms with Gasteiger partial charge in [0.2, 0.25) is 0 Å². The molecule has 1 saturated heterocycles. The van der Waals surface area contributed by atoms with Gasteiger partial charge in [0.1, 0.15) is 6.54 Å². The maximum atomic E-state index is 10.8. The van der Waals surface area contributed by atoms with E-state index in [-0.39, 0.29) is 12.5 Å². The lowest BCUT2D eigenvalue weighted by Gasteiger charge is -2.32. The van der Waals surface area contributed by atoms with Gasteiger partial charge in [0.15, 0.2) is 0 Å². The van der Waals surface area contributed by atoms with Crippen molar-refractivity contribution in [3.63, 3.8) is 0 Å². The normalized spacial score (nSPS) is 18.7. The van der Waals surface area contributed by atoms with E-state index in [0.717, 1.165) is 37.2 Å². The number of carboxylic acid groups (broad SMARTS) is 1. The number of hydrogen-bond donors (Lipinski definition) is 1. The summed E-state index contributed by atoms with van der Waals surface area (Å²) in [6.45, 7) is 2.38. The van der Waals surface area contributed by atoms with Crippen LogP contribution in [-0.4, -0.2) is 43.8 Å². The number of halogens is 2. The van der Waals surface area contributed by atoms with Crippen LogP contribution in [0.15, 0.2) is 24.7 Å². The van der Waals surface area contributed by atoms with Crippen molar-refractivity contribution in [1.29, 1.82) is 0 Å². The summed E-state index contributed by atoms with van der Waals surface area (Å²) in [7, 11) is 0. The van der Waals surface area contributed by atoms with Gasteiger partial charge in [-0.05, 0) is 25.5 Å². The number of rotatable bonds is 5. The number of aromatic nitrogens is 3. The Kier molecular flexibility index (Phi) is 5.38. The molecular weight excluding hydrogens is 351 g/mol. The van der Waals surface area contributed by atoms with Gasteiger partial charge in [-0.3, -0.25) is 19.4 Å². The van der Waals surface area contributed by atoms with Crippen molar-refractivity contribution in [2.75, 3.05) is 13.1 Å². The van der Waals surface area contributed by atoms with E-state index in [1.807, 2.05) is 6.07 Å². The molecule has 0 bridgehead atoms. The molecule has 1 fully saturated rings. The summed E-state index contributed by atoms with van der Waals surface area (Å²) in [6, 6.07) is 1.91. The number of pyridine rings is 1. The molecule has 128 valence electrons. The first-order valence-electron chi connectivity index (χ1n) is 7.78. The van der Waals surface area contributed by atoms with Crippen LogP contribution in [-0.2, 0) is 17.9 Å². The molecule has 1 aliphatic rings. The number of carboxylic acids is 1. The molecule has 0 radical (unpaired) electrons. The molecule has 6 nitrogen and oxygen atoms in total. The first-order chi connectivity index (χ1) is 11.5. The maximum Gasteiger partial charge on any atom is 0.325 e. The van der Waals surface area contributed by atoms with Gasteiger partial charge >= 0.3 is 5.97 Å². The first kappa shape index (κ1) is 17.2. The van der Waals surface area contributed by atoms with E-state index in [1.54, 1.807) is 18.6 Å². The molecule has 1 aliphatic heterocycles. The highest BCUT2D eigenvalue weighted by atomic mass is 35.5. The van der Waals surface area contributed by atoms with E-state index in [4.69, 9.17) is 28.3 Å². The lowest BCUT2D eigenvalue weighted by atomic mass is 9.94. The maximum absolute atomic E-state index is 10.8. The molecule has 0 amide bonds. The van der Waals surface area contributed by atoms with Crippen LogP contribution in [0.25, 0.3) is 0 Å². The fourth-order valence-corrected chi connectivity index (χ4v) is 3.56. The average molecular weight is 369 g/mol. The van der Waals surface area contributed by atoms with Gasteiger partial charge in [-0.25, -0.2) is 0 Å². The van der Waals surface area contributed by atoms with Crippen LogP contribution in [0.4, 0.5) is 0 Å². The van der Waals surface area contributed by atoms with E-state index < -0.39 is 5.97 Å². The zero-order valence-electron chi connectivity index (χ0n) is 13.0. The Morgan fingerprint density at radius 3 is 2.79 bits per heavy atom. The van der Waals surface area contributed by atoms with Crippen molar-refractivity contribution < 1.29 is 9.90 Å². The second kappa shape index (κ2) is 7.51. The monoisotopic (exact) mass is 368 g/mol. The molecule has 24 heavy (non-hydrogen) atoms. The predicted octanol–water partition coefficient (Wildman–Crippen LogP) is 3.05. The van der Waals surface area contributed by atoms with Crippen LogP contribution in [0.2, 0.25) is 10.0 Å². The quantitative estimate of drug-likeness (QED) is 0.877. The third-order valence-electron chi connectivity index (χ3n) is 4.22. The number of piperidine rings is 1. The van der Waals surface area contributed by atoms with Crippen molar-refractivity contribution in [1.82, 2.24) is 19.7 Å². The van der Waals surface area contributed by atoms with E-state index in [1.165, 1.54) is 4.68 Å². The van der Waals surface area contributed by atoms with Crippen molar-refractivity contribution in [2.45, 2.75) is 31.8 Å². The fourth-order valence-electron chi connectivity index (χ4n) is 3.08. The third-order valence-corrected chi connectivity index (χ3v) is 4.87. The Morgan fingerprint density at radius 1 is 1.33 bits per heavy atom.